The molecule has 60 valence electrons. The fraction of sp³-hybridized carbons (Fsp3) is 0.333. The predicted octanol–water partition coefficient (Wildman–Crippen LogP) is 0.646. The molecule has 11 heavy (non-hydrogen) atoms. The Morgan fingerprint density at radius 1 is 1.73 bits per heavy atom. The summed E-state index contributed by atoms with van der Waals surface area (Å²) in [6.45, 7) is 2.34. The minimum Gasteiger partial charge on any atom is -0.283 e. The lowest BCUT2D eigenvalue weighted by atomic mass is 10.5. The standard InChI is InChI=1S/C6H8FN3O/c1-2-10-5(8)3-4-6(9-10)11-7/h3-4,8H,2H2,1H3. The summed E-state index contributed by atoms with van der Waals surface area (Å²) in [5.41, 5.74) is 0.230. The van der Waals surface area contributed by atoms with E-state index >= 15 is 0 Å². The van der Waals surface area contributed by atoms with Crippen molar-refractivity contribution in [3.05, 3.63) is 17.6 Å². The summed E-state index contributed by atoms with van der Waals surface area (Å²) in [6.07, 6.45) is 0. The molecule has 0 spiro atoms. The fourth-order valence-electron chi connectivity index (χ4n) is 0.725. The SMILES string of the molecule is CCn1nc(OF)ccc1=N. The molecule has 5 heteroatoms. The molecule has 0 saturated heterocycles. The number of aryl methyl sites for hydroxylation is 1. The number of hydrogen-bond acceptors (Lipinski definition) is 3. The molecule has 0 aliphatic carbocycles. The van der Waals surface area contributed by atoms with E-state index in [1.54, 1.807) is 0 Å². The Balaban J connectivity index is 3.13. The van der Waals surface area contributed by atoms with Crippen molar-refractivity contribution in [1.29, 1.82) is 5.41 Å². The molecule has 0 amide bonds. The highest BCUT2D eigenvalue weighted by atomic mass is 19.3. The van der Waals surface area contributed by atoms with Gasteiger partial charge in [-0.15, -0.1) is 5.10 Å². The Morgan fingerprint density at radius 2 is 2.45 bits per heavy atom. The van der Waals surface area contributed by atoms with Crippen molar-refractivity contribution in [2.24, 2.45) is 0 Å². The van der Waals surface area contributed by atoms with Crippen molar-refractivity contribution < 1.29 is 9.47 Å². The van der Waals surface area contributed by atoms with E-state index in [-0.39, 0.29) is 11.4 Å². The van der Waals surface area contributed by atoms with E-state index in [1.807, 2.05) is 6.92 Å². The summed E-state index contributed by atoms with van der Waals surface area (Å²) >= 11 is 0. The lowest BCUT2D eigenvalue weighted by Gasteiger charge is -2.00. The predicted molar refractivity (Wildman–Crippen MR) is 35.5 cm³/mol. The summed E-state index contributed by atoms with van der Waals surface area (Å²) in [4.78, 5) is 3.40. The first-order chi connectivity index (χ1) is 5.27. The van der Waals surface area contributed by atoms with Crippen LogP contribution in [0.1, 0.15) is 6.92 Å². The van der Waals surface area contributed by atoms with E-state index in [0.717, 1.165) is 0 Å². The van der Waals surface area contributed by atoms with Crippen LogP contribution < -0.4 is 10.4 Å². The fourth-order valence-corrected chi connectivity index (χ4v) is 0.725. The molecule has 0 aliphatic heterocycles. The van der Waals surface area contributed by atoms with Gasteiger partial charge in [-0.25, -0.2) is 4.68 Å². The molecule has 0 bridgehead atoms. The molecule has 1 aromatic rings. The van der Waals surface area contributed by atoms with Crippen molar-refractivity contribution in [3.8, 4) is 5.88 Å². The molecular formula is C6H8FN3O. The molecule has 0 saturated carbocycles. The van der Waals surface area contributed by atoms with Crippen LogP contribution in [-0.4, -0.2) is 9.78 Å². The Hall–Kier alpha value is -1.39. The van der Waals surface area contributed by atoms with Gasteiger partial charge in [0.25, 0.3) is 5.88 Å². The average Bonchev–Trinajstić information content (AvgIpc) is 2.05. The maximum atomic E-state index is 11.5. The van der Waals surface area contributed by atoms with Gasteiger partial charge in [-0.1, -0.05) is 0 Å². The van der Waals surface area contributed by atoms with Crippen LogP contribution in [-0.2, 0) is 6.54 Å². The monoisotopic (exact) mass is 157 g/mol. The molecule has 0 aromatic carbocycles. The second-order valence-corrected chi connectivity index (χ2v) is 1.95. The van der Waals surface area contributed by atoms with E-state index in [4.69, 9.17) is 5.41 Å². The zero-order chi connectivity index (χ0) is 8.27. The first kappa shape index (κ1) is 7.71. The van der Waals surface area contributed by atoms with E-state index in [9.17, 15) is 4.53 Å². The van der Waals surface area contributed by atoms with Crippen molar-refractivity contribution in [1.82, 2.24) is 9.78 Å². The molecule has 1 N–H and O–H groups in total. The topological polar surface area (TPSA) is 50.9 Å². The molecule has 1 aromatic heterocycles. The molecule has 0 aliphatic rings. The number of halogens is 1. The summed E-state index contributed by atoms with van der Waals surface area (Å²) < 4.78 is 12.9. The molecular weight excluding hydrogens is 149 g/mol. The van der Waals surface area contributed by atoms with Gasteiger partial charge in [-0.05, 0) is 13.0 Å². The van der Waals surface area contributed by atoms with Gasteiger partial charge in [0, 0.05) is 17.1 Å². The maximum absolute atomic E-state index is 11.5. The second kappa shape index (κ2) is 3.14. The van der Waals surface area contributed by atoms with Crippen LogP contribution >= 0.6 is 0 Å². The van der Waals surface area contributed by atoms with Crippen LogP contribution in [0.5, 0.6) is 5.88 Å². The Bertz CT molecular complexity index is 296. The maximum Gasteiger partial charge on any atom is 0.279 e. The molecule has 0 unspecified atom stereocenters. The molecule has 1 rings (SSSR count). The van der Waals surface area contributed by atoms with Crippen molar-refractivity contribution >= 4 is 0 Å². The minimum atomic E-state index is -0.122. The molecule has 0 fully saturated rings. The van der Waals surface area contributed by atoms with Crippen molar-refractivity contribution in [2.45, 2.75) is 13.5 Å². The van der Waals surface area contributed by atoms with E-state index in [1.165, 1.54) is 16.8 Å². The minimum absolute atomic E-state index is 0.122. The molecule has 0 atom stereocenters. The number of aromatic nitrogens is 2. The van der Waals surface area contributed by atoms with Crippen molar-refractivity contribution in [2.75, 3.05) is 0 Å². The van der Waals surface area contributed by atoms with E-state index in [2.05, 4.69) is 10.0 Å². The van der Waals surface area contributed by atoms with Crippen LogP contribution in [0.2, 0.25) is 0 Å². The lowest BCUT2D eigenvalue weighted by Crippen LogP contribution is -2.20. The van der Waals surface area contributed by atoms with Gasteiger partial charge in [0.15, 0.2) is 0 Å². The van der Waals surface area contributed by atoms with Crippen molar-refractivity contribution in [3.63, 3.8) is 0 Å². The second-order valence-electron chi connectivity index (χ2n) is 1.95. The van der Waals surface area contributed by atoms with Gasteiger partial charge >= 0.3 is 0 Å². The zero-order valence-corrected chi connectivity index (χ0v) is 6.04. The number of rotatable bonds is 2. The highest BCUT2D eigenvalue weighted by Gasteiger charge is 1.96. The summed E-state index contributed by atoms with van der Waals surface area (Å²) in [5, 5.41) is 10.9. The van der Waals surface area contributed by atoms with E-state index < -0.39 is 0 Å². The third-order valence-corrected chi connectivity index (χ3v) is 1.26. The van der Waals surface area contributed by atoms with E-state index in [0.29, 0.717) is 6.54 Å². The van der Waals surface area contributed by atoms with Gasteiger partial charge in [-0.2, -0.15) is 0 Å². The van der Waals surface area contributed by atoms with Crippen LogP contribution in [0.25, 0.3) is 0 Å². The summed E-state index contributed by atoms with van der Waals surface area (Å²) in [5.74, 6) is -0.122. The highest BCUT2D eigenvalue weighted by Crippen LogP contribution is 2.00. The smallest absolute Gasteiger partial charge is 0.279 e. The highest BCUT2D eigenvalue weighted by molar-refractivity contribution is 5.04. The average molecular weight is 157 g/mol. The van der Waals surface area contributed by atoms with Crippen LogP contribution in [0.15, 0.2) is 12.1 Å². The molecule has 1 heterocycles. The van der Waals surface area contributed by atoms with Gasteiger partial charge in [-0.3, -0.25) is 10.4 Å². The number of nitrogens with zero attached hydrogens (tertiary/aromatic N) is 2. The first-order valence-electron chi connectivity index (χ1n) is 3.19. The summed E-state index contributed by atoms with van der Waals surface area (Å²) in [7, 11) is 0. The normalized spacial score (nSPS) is 9.64. The van der Waals surface area contributed by atoms with Crippen LogP contribution in [0.3, 0.4) is 0 Å². The molecule has 4 nitrogen and oxygen atoms in total. The Morgan fingerprint density at radius 3 is 3.00 bits per heavy atom. The van der Waals surface area contributed by atoms with Crippen LogP contribution in [0, 0.1) is 5.41 Å². The van der Waals surface area contributed by atoms with Gasteiger partial charge in [0.1, 0.15) is 5.49 Å². The van der Waals surface area contributed by atoms with Crippen LogP contribution in [0.4, 0.5) is 4.53 Å². The van der Waals surface area contributed by atoms with Gasteiger partial charge in [0.2, 0.25) is 0 Å². The Kier molecular flexibility index (Phi) is 2.20. The van der Waals surface area contributed by atoms with Gasteiger partial charge in [0.05, 0.1) is 0 Å². The third kappa shape index (κ3) is 1.54. The third-order valence-electron chi connectivity index (χ3n) is 1.26. The Labute approximate surface area is 62.6 Å². The number of hydrogen-bond donors (Lipinski definition) is 1. The number of nitrogens with one attached hydrogen (secondary N) is 1. The quantitative estimate of drug-likeness (QED) is 0.685. The molecule has 0 radical (unpaired) electrons. The zero-order valence-electron chi connectivity index (χ0n) is 6.04. The lowest BCUT2D eigenvalue weighted by molar-refractivity contribution is -0.0142. The van der Waals surface area contributed by atoms with Gasteiger partial charge < -0.3 is 0 Å². The largest absolute Gasteiger partial charge is 0.283 e. The first-order valence-corrected chi connectivity index (χ1v) is 3.19. The summed E-state index contributed by atoms with van der Waals surface area (Å²) in [6, 6.07) is 2.72.